The molecule has 0 heterocycles. The SMILES string of the molecule is CCCCCCCCCCCC[N+](C)(C)CCOC(=O)CCCCCCCC(=O)OCC[N+](C)(C)CCCCCCCCCCCC.[Br-].[Br-]. The molecule has 0 rings (SSSR count). The number of likely N-dealkylation sites (N-methyl/N-ethyl adjacent to an activating group) is 2. The van der Waals surface area contributed by atoms with Crippen LogP contribution in [0.15, 0.2) is 0 Å². The number of ether oxygens (including phenoxy) is 2. The first-order valence-corrected chi connectivity index (χ1v) is 20.6. The van der Waals surface area contributed by atoms with Crippen LogP contribution < -0.4 is 34.0 Å². The third kappa shape index (κ3) is 40.4. The molecule has 0 spiro atoms. The summed E-state index contributed by atoms with van der Waals surface area (Å²) in [6.45, 7) is 9.65. The highest BCUT2D eigenvalue weighted by Gasteiger charge is 2.17. The fraction of sp³-hybridized carbons (Fsp3) is 0.951. The van der Waals surface area contributed by atoms with Crippen LogP contribution in [0.1, 0.15) is 187 Å². The fourth-order valence-electron chi connectivity index (χ4n) is 6.30. The van der Waals surface area contributed by atoms with E-state index in [4.69, 9.17) is 9.47 Å². The van der Waals surface area contributed by atoms with Crippen molar-refractivity contribution in [3.05, 3.63) is 0 Å². The van der Waals surface area contributed by atoms with Gasteiger partial charge in [-0.3, -0.25) is 9.59 Å². The lowest BCUT2D eigenvalue weighted by Crippen LogP contribution is -3.00. The molecule has 0 aliphatic rings. The number of hydrogen-bond donors (Lipinski definition) is 0. The summed E-state index contributed by atoms with van der Waals surface area (Å²) >= 11 is 0. The highest BCUT2D eigenvalue weighted by atomic mass is 79.9. The Morgan fingerprint density at radius 3 is 0.898 bits per heavy atom. The molecule has 0 atom stereocenters. The molecule has 0 aliphatic carbocycles. The minimum atomic E-state index is -0.0676. The monoisotopic (exact) mass is 826 g/mol. The number of quaternary nitrogens is 2. The summed E-state index contributed by atoms with van der Waals surface area (Å²) in [5, 5.41) is 0. The van der Waals surface area contributed by atoms with Crippen molar-refractivity contribution in [2.24, 2.45) is 0 Å². The molecule has 6 nitrogen and oxygen atoms in total. The van der Waals surface area contributed by atoms with Crippen LogP contribution in [-0.2, 0) is 19.1 Å². The van der Waals surface area contributed by atoms with Crippen LogP contribution in [-0.4, -0.2) is 88.5 Å². The standard InChI is InChI=1S/C41H84N2O4.2BrH/c1-7-9-11-13-15-17-19-21-26-30-34-42(3,4)36-38-46-40(44)32-28-24-23-25-29-33-41(45)47-39-37-43(5,6)35-31-27-22-20-18-16-14-12-10-8-2;;/h7-39H2,1-6H3;2*1H/q+2;;/p-2. The number of hydrogen-bond acceptors (Lipinski definition) is 4. The van der Waals surface area contributed by atoms with Gasteiger partial charge in [0, 0.05) is 12.8 Å². The van der Waals surface area contributed by atoms with Crippen molar-refractivity contribution in [2.45, 2.75) is 187 Å². The second-order valence-electron chi connectivity index (χ2n) is 15.8. The number of carbonyl (C=O) groups excluding carboxylic acids is 2. The summed E-state index contributed by atoms with van der Waals surface area (Å²) < 4.78 is 12.9. The highest BCUT2D eigenvalue weighted by Crippen LogP contribution is 2.14. The first-order chi connectivity index (χ1) is 22.6. The van der Waals surface area contributed by atoms with Crippen molar-refractivity contribution >= 4 is 11.9 Å². The van der Waals surface area contributed by atoms with E-state index in [1.54, 1.807) is 0 Å². The zero-order valence-corrected chi connectivity index (χ0v) is 36.8. The molecule has 8 heteroatoms. The van der Waals surface area contributed by atoms with Crippen molar-refractivity contribution in [2.75, 3.05) is 67.6 Å². The van der Waals surface area contributed by atoms with Crippen LogP contribution in [0.5, 0.6) is 0 Å². The third-order valence-electron chi connectivity index (χ3n) is 9.92. The summed E-state index contributed by atoms with van der Waals surface area (Å²) in [5.74, 6) is -0.135. The summed E-state index contributed by atoms with van der Waals surface area (Å²) in [6, 6.07) is 0. The smallest absolute Gasteiger partial charge is 0.305 e. The van der Waals surface area contributed by atoms with Gasteiger partial charge in [-0.2, -0.15) is 0 Å². The lowest BCUT2D eigenvalue weighted by molar-refractivity contribution is -0.890. The van der Waals surface area contributed by atoms with E-state index in [-0.39, 0.29) is 45.9 Å². The van der Waals surface area contributed by atoms with Crippen molar-refractivity contribution < 1.29 is 62.0 Å². The van der Waals surface area contributed by atoms with Gasteiger partial charge in [-0.15, -0.1) is 0 Å². The second-order valence-corrected chi connectivity index (χ2v) is 15.8. The van der Waals surface area contributed by atoms with Gasteiger partial charge in [-0.05, 0) is 38.5 Å². The third-order valence-corrected chi connectivity index (χ3v) is 9.92. The average molecular weight is 829 g/mol. The van der Waals surface area contributed by atoms with Crippen LogP contribution in [0.25, 0.3) is 0 Å². The number of carbonyl (C=O) groups is 2. The average Bonchev–Trinajstić information content (AvgIpc) is 3.02. The number of unbranched alkanes of at least 4 members (excludes halogenated alkanes) is 22. The van der Waals surface area contributed by atoms with Gasteiger partial charge >= 0.3 is 11.9 Å². The lowest BCUT2D eigenvalue weighted by Gasteiger charge is -2.29. The van der Waals surface area contributed by atoms with Crippen LogP contribution in [0.4, 0.5) is 0 Å². The van der Waals surface area contributed by atoms with E-state index in [1.807, 2.05) is 0 Å². The van der Waals surface area contributed by atoms with Crippen LogP contribution >= 0.6 is 0 Å². The van der Waals surface area contributed by atoms with Crippen molar-refractivity contribution in [3.8, 4) is 0 Å². The van der Waals surface area contributed by atoms with Crippen LogP contribution in [0, 0.1) is 0 Å². The molecule has 0 radical (unpaired) electrons. The van der Waals surface area contributed by atoms with Gasteiger partial charge in [0.05, 0.1) is 41.3 Å². The van der Waals surface area contributed by atoms with E-state index in [1.165, 1.54) is 128 Å². The quantitative estimate of drug-likeness (QED) is 0.0518. The molecule has 49 heavy (non-hydrogen) atoms. The maximum Gasteiger partial charge on any atom is 0.305 e. The Balaban J connectivity index is -0.0000106. The molecule has 0 fully saturated rings. The topological polar surface area (TPSA) is 52.6 Å². The number of esters is 2. The summed E-state index contributed by atoms with van der Waals surface area (Å²) in [4.78, 5) is 24.4. The predicted octanol–water partition coefficient (Wildman–Crippen LogP) is 4.81. The molecule has 0 amide bonds. The number of halogens is 2. The predicted molar refractivity (Wildman–Crippen MR) is 202 cm³/mol. The minimum absolute atomic E-state index is 0. The Morgan fingerprint density at radius 2 is 0.612 bits per heavy atom. The van der Waals surface area contributed by atoms with Crippen molar-refractivity contribution in [3.63, 3.8) is 0 Å². The molecule has 296 valence electrons. The molecule has 0 unspecified atom stereocenters. The van der Waals surface area contributed by atoms with Gasteiger partial charge in [0.25, 0.3) is 0 Å². The fourth-order valence-corrected chi connectivity index (χ4v) is 6.30. The van der Waals surface area contributed by atoms with Gasteiger partial charge in [-0.25, -0.2) is 0 Å². The minimum Gasteiger partial charge on any atom is -1.00 e. The van der Waals surface area contributed by atoms with E-state index >= 15 is 0 Å². The second kappa shape index (κ2) is 37.6. The molecule has 0 aromatic rings. The molecular formula is C41H84Br2N2O4. The van der Waals surface area contributed by atoms with E-state index in [9.17, 15) is 9.59 Å². The maximum atomic E-state index is 12.2. The molecule has 0 saturated carbocycles. The summed E-state index contributed by atoms with van der Waals surface area (Å²) in [6.07, 6.45) is 33.1. The molecular weight excluding hydrogens is 744 g/mol. The number of rotatable bonds is 36. The lowest BCUT2D eigenvalue weighted by atomic mass is 10.1. The first kappa shape index (κ1) is 53.2. The molecule has 0 aromatic carbocycles. The Morgan fingerprint density at radius 1 is 0.367 bits per heavy atom. The Labute approximate surface area is 327 Å². The summed E-state index contributed by atoms with van der Waals surface area (Å²) in [5.41, 5.74) is 0. The van der Waals surface area contributed by atoms with E-state index < -0.39 is 0 Å². The zero-order valence-electron chi connectivity index (χ0n) is 33.6. The van der Waals surface area contributed by atoms with E-state index in [2.05, 4.69) is 42.0 Å². The molecule has 0 aromatic heterocycles. The van der Waals surface area contributed by atoms with Gasteiger partial charge in [0.15, 0.2) is 0 Å². The Bertz CT molecular complexity index is 664. The maximum absolute atomic E-state index is 12.2. The Kier molecular flexibility index (Phi) is 40.8. The van der Waals surface area contributed by atoms with Crippen LogP contribution in [0.2, 0.25) is 0 Å². The molecule has 0 N–H and O–H groups in total. The zero-order chi connectivity index (χ0) is 34.9. The van der Waals surface area contributed by atoms with Gasteiger partial charge in [0.1, 0.15) is 26.3 Å². The molecule has 0 bridgehead atoms. The first-order valence-electron chi connectivity index (χ1n) is 20.6. The number of nitrogens with zero attached hydrogens (tertiary/aromatic N) is 2. The van der Waals surface area contributed by atoms with Crippen molar-refractivity contribution in [1.29, 1.82) is 0 Å². The largest absolute Gasteiger partial charge is 1.00 e. The highest BCUT2D eigenvalue weighted by molar-refractivity contribution is 5.69. The van der Waals surface area contributed by atoms with Gasteiger partial charge in [0.2, 0.25) is 0 Å². The van der Waals surface area contributed by atoms with E-state index in [0.29, 0.717) is 26.1 Å². The normalized spacial score (nSPS) is 11.6. The van der Waals surface area contributed by atoms with Gasteiger partial charge < -0.3 is 52.4 Å². The van der Waals surface area contributed by atoms with Crippen LogP contribution in [0.3, 0.4) is 0 Å². The molecule has 0 aliphatic heterocycles. The molecule has 0 saturated heterocycles. The van der Waals surface area contributed by atoms with Crippen molar-refractivity contribution in [1.82, 2.24) is 0 Å². The van der Waals surface area contributed by atoms with Gasteiger partial charge in [-0.1, -0.05) is 136 Å². The van der Waals surface area contributed by atoms with E-state index in [0.717, 1.165) is 67.2 Å². The Hall–Kier alpha value is -0.180. The summed E-state index contributed by atoms with van der Waals surface area (Å²) in [7, 11) is 8.99.